The standard InChI is InChI=1S/C19H20Cl2N4O2/c1-25(2)15-6-3-13(4-7-15)12-23-24-18(26)9-10-22-19(27)14-5-8-16(20)17(21)11-14/h3-8,11-12H,9-10H2,1-2H3,(H,22,27)(H,24,26). The number of nitrogens with zero attached hydrogens (tertiary/aromatic N) is 2. The monoisotopic (exact) mass is 406 g/mol. The Kier molecular flexibility index (Phi) is 7.64. The largest absolute Gasteiger partial charge is 0.378 e. The van der Waals surface area contributed by atoms with Crippen molar-refractivity contribution in [1.82, 2.24) is 10.7 Å². The van der Waals surface area contributed by atoms with Crippen molar-refractivity contribution in [2.24, 2.45) is 5.10 Å². The molecule has 6 nitrogen and oxygen atoms in total. The summed E-state index contributed by atoms with van der Waals surface area (Å²) in [7, 11) is 3.92. The third-order valence-corrected chi connectivity index (χ3v) is 4.37. The third-order valence-electron chi connectivity index (χ3n) is 3.63. The van der Waals surface area contributed by atoms with Gasteiger partial charge in [-0.15, -0.1) is 0 Å². The van der Waals surface area contributed by atoms with E-state index >= 15 is 0 Å². The van der Waals surface area contributed by atoms with Gasteiger partial charge in [0.05, 0.1) is 16.3 Å². The van der Waals surface area contributed by atoms with Crippen molar-refractivity contribution in [3.63, 3.8) is 0 Å². The molecule has 0 bridgehead atoms. The van der Waals surface area contributed by atoms with Crippen LogP contribution < -0.4 is 15.6 Å². The number of amides is 2. The maximum absolute atomic E-state index is 12.0. The van der Waals surface area contributed by atoms with Gasteiger partial charge >= 0.3 is 0 Å². The van der Waals surface area contributed by atoms with Gasteiger partial charge < -0.3 is 10.2 Å². The van der Waals surface area contributed by atoms with Crippen LogP contribution in [-0.2, 0) is 4.79 Å². The number of carbonyl (C=O) groups excluding carboxylic acids is 2. The minimum Gasteiger partial charge on any atom is -0.378 e. The first kappa shape index (κ1) is 20.7. The highest BCUT2D eigenvalue weighted by Crippen LogP contribution is 2.22. The normalized spacial score (nSPS) is 10.7. The van der Waals surface area contributed by atoms with Gasteiger partial charge in [-0.25, -0.2) is 5.43 Å². The molecule has 0 saturated heterocycles. The highest BCUT2D eigenvalue weighted by atomic mass is 35.5. The van der Waals surface area contributed by atoms with Gasteiger partial charge in [-0.2, -0.15) is 5.10 Å². The predicted octanol–water partition coefficient (Wildman–Crippen LogP) is 3.33. The summed E-state index contributed by atoms with van der Waals surface area (Å²) in [5.74, 6) is -0.628. The van der Waals surface area contributed by atoms with Crippen molar-refractivity contribution < 1.29 is 9.59 Å². The van der Waals surface area contributed by atoms with E-state index in [-0.39, 0.29) is 24.8 Å². The van der Waals surface area contributed by atoms with Gasteiger partial charge in [-0.05, 0) is 35.9 Å². The van der Waals surface area contributed by atoms with E-state index in [2.05, 4.69) is 15.8 Å². The van der Waals surface area contributed by atoms with Gasteiger partial charge in [-0.3, -0.25) is 9.59 Å². The second-order valence-electron chi connectivity index (χ2n) is 5.91. The first-order valence-electron chi connectivity index (χ1n) is 8.19. The smallest absolute Gasteiger partial charge is 0.251 e. The van der Waals surface area contributed by atoms with Crippen LogP contribution in [-0.4, -0.2) is 38.7 Å². The summed E-state index contributed by atoms with van der Waals surface area (Å²) in [6, 6.07) is 12.3. The number of benzene rings is 2. The summed E-state index contributed by atoms with van der Waals surface area (Å²) >= 11 is 11.7. The van der Waals surface area contributed by atoms with Gasteiger partial charge in [0, 0.05) is 38.3 Å². The number of anilines is 1. The Bertz CT molecular complexity index is 836. The zero-order valence-electron chi connectivity index (χ0n) is 15.0. The molecule has 142 valence electrons. The summed E-state index contributed by atoms with van der Waals surface area (Å²) in [5, 5.41) is 7.23. The van der Waals surface area contributed by atoms with Crippen LogP contribution >= 0.6 is 23.2 Å². The van der Waals surface area contributed by atoms with Gasteiger partial charge in [0.1, 0.15) is 0 Å². The molecule has 2 N–H and O–H groups in total. The summed E-state index contributed by atoms with van der Waals surface area (Å²) in [6.07, 6.45) is 1.66. The molecule has 0 aliphatic heterocycles. The Morgan fingerprint density at radius 3 is 2.41 bits per heavy atom. The lowest BCUT2D eigenvalue weighted by Crippen LogP contribution is -2.29. The van der Waals surface area contributed by atoms with Crippen molar-refractivity contribution in [3.05, 3.63) is 63.6 Å². The molecule has 0 unspecified atom stereocenters. The van der Waals surface area contributed by atoms with Gasteiger partial charge in [-0.1, -0.05) is 35.3 Å². The molecule has 0 radical (unpaired) electrons. The van der Waals surface area contributed by atoms with E-state index in [1.807, 2.05) is 43.3 Å². The molecule has 0 aliphatic rings. The fourth-order valence-electron chi connectivity index (χ4n) is 2.12. The molecule has 0 aromatic heterocycles. The van der Waals surface area contributed by atoms with E-state index < -0.39 is 0 Å². The minimum absolute atomic E-state index is 0.101. The molecule has 2 rings (SSSR count). The first-order valence-corrected chi connectivity index (χ1v) is 8.95. The predicted molar refractivity (Wildman–Crippen MR) is 110 cm³/mol. The molecule has 0 saturated carbocycles. The summed E-state index contributed by atoms with van der Waals surface area (Å²) in [6.45, 7) is 0.179. The molecule has 2 aromatic carbocycles. The number of hydrogen-bond donors (Lipinski definition) is 2. The molecule has 0 fully saturated rings. The number of hydrogen-bond acceptors (Lipinski definition) is 4. The van der Waals surface area contributed by atoms with Crippen LogP contribution in [0.4, 0.5) is 5.69 Å². The maximum atomic E-state index is 12.0. The van der Waals surface area contributed by atoms with Crippen LogP contribution in [0, 0.1) is 0 Å². The SMILES string of the molecule is CN(C)c1ccc(C=NNC(=O)CCNC(=O)c2ccc(Cl)c(Cl)c2)cc1. The average Bonchev–Trinajstić information content (AvgIpc) is 2.64. The van der Waals surface area contributed by atoms with Crippen LogP contribution in [0.5, 0.6) is 0 Å². The van der Waals surface area contributed by atoms with Crippen LogP contribution in [0.3, 0.4) is 0 Å². The summed E-state index contributed by atoms with van der Waals surface area (Å²) < 4.78 is 0. The number of halogens is 2. The van der Waals surface area contributed by atoms with E-state index in [9.17, 15) is 9.59 Å². The van der Waals surface area contributed by atoms with Crippen LogP contribution in [0.2, 0.25) is 10.0 Å². The molecular formula is C19H20Cl2N4O2. The van der Waals surface area contributed by atoms with Crippen molar-refractivity contribution in [2.75, 3.05) is 25.5 Å². The molecule has 0 atom stereocenters. The minimum atomic E-state index is -0.328. The first-order chi connectivity index (χ1) is 12.9. The van der Waals surface area contributed by atoms with Crippen LogP contribution in [0.15, 0.2) is 47.6 Å². The number of rotatable bonds is 7. The Morgan fingerprint density at radius 1 is 1.07 bits per heavy atom. The zero-order chi connectivity index (χ0) is 19.8. The Hall–Kier alpha value is -2.57. The van der Waals surface area contributed by atoms with Crippen molar-refractivity contribution in [1.29, 1.82) is 0 Å². The average molecular weight is 407 g/mol. The van der Waals surface area contributed by atoms with Crippen molar-refractivity contribution in [3.8, 4) is 0 Å². The fourth-order valence-corrected chi connectivity index (χ4v) is 2.42. The lowest BCUT2D eigenvalue weighted by atomic mass is 10.2. The molecule has 0 spiro atoms. The molecule has 27 heavy (non-hydrogen) atoms. The second kappa shape index (κ2) is 9.94. The zero-order valence-corrected chi connectivity index (χ0v) is 16.5. The summed E-state index contributed by atoms with van der Waals surface area (Å²) in [4.78, 5) is 25.8. The lowest BCUT2D eigenvalue weighted by molar-refractivity contribution is -0.120. The van der Waals surface area contributed by atoms with Crippen LogP contribution in [0.1, 0.15) is 22.3 Å². The van der Waals surface area contributed by atoms with Crippen LogP contribution in [0.25, 0.3) is 0 Å². The molecule has 0 aliphatic carbocycles. The second-order valence-corrected chi connectivity index (χ2v) is 6.73. The topological polar surface area (TPSA) is 73.8 Å². The van der Waals surface area contributed by atoms with Gasteiger partial charge in [0.2, 0.25) is 5.91 Å². The quantitative estimate of drug-likeness (QED) is 0.546. The molecular weight excluding hydrogens is 387 g/mol. The summed E-state index contributed by atoms with van der Waals surface area (Å²) in [5.41, 5.74) is 4.75. The molecule has 2 amide bonds. The highest BCUT2D eigenvalue weighted by Gasteiger charge is 2.08. The van der Waals surface area contributed by atoms with E-state index in [1.54, 1.807) is 18.3 Å². The van der Waals surface area contributed by atoms with Crippen molar-refractivity contribution >= 4 is 46.9 Å². The Labute approximate surface area is 168 Å². The van der Waals surface area contributed by atoms with Crippen molar-refractivity contribution in [2.45, 2.75) is 6.42 Å². The Morgan fingerprint density at radius 2 is 1.78 bits per heavy atom. The van der Waals surface area contributed by atoms with E-state index in [0.717, 1.165) is 11.3 Å². The van der Waals surface area contributed by atoms with E-state index in [1.165, 1.54) is 6.07 Å². The molecule has 0 heterocycles. The number of hydrazone groups is 1. The lowest BCUT2D eigenvalue weighted by Gasteiger charge is -2.11. The van der Waals surface area contributed by atoms with Gasteiger partial charge in [0.25, 0.3) is 5.91 Å². The number of carbonyl (C=O) groups is 2. The van der Waals surface area contributed by atoms with Gasteiger partial charge in [0.15, 0.2) is 0 Å². The molecule has 8 heteroatoms. The number of nitrogens with one attached hydrogen (secondary N) is 2. The van der Waals surface area contributed by atoms with E-state index in [4.69, 9.17) is 23.2 Å². The maximum Gasteiger partial charge on any atom is 0.251 e. The fraction of sp³-hybridized carbons (Fsp3) is 0.211. The third kappa shape index (κ3) is 6.58. The Balaban J connectivity index is 1.74. The highest BCUT2D eigenvalue weighted by molar-refractivity contribution is 6.42. The van der Waals surface area contributed by atoms with E-state index in [0.29, 0.717) is 15.6 Å². The molecule has 2 aromatic rings.